The van der Waals surface area contributed by atoms with Gasteiger partial charge in [-0.3, -0.25) is 0 Å². The maximum absolute atomic E-state index is 3.56. The Kier molecular flexibility index (Phi) is 2.83. The minimum absolute atomic E-state index is 1.02. The monoisotopic (exact) mass is 216 g/mol. The number of rotatable bonds is 5. The number of anilines is 1. The topological polar surface area (TPSA) is 24.1 Å². The molecule has 0 radical (unpaired) electrons. The summed E-state index contributed by atoms with van der Waals surface area (Å²) in [4.78, 5) is 0. The van der Waals surface area contributed by atoms with Crippen molar-refractivity contribution in [3.05, 3.63) is 29.3 Å². The number of para-hydroxylation sites is 1. The largest absolute Gasteiger partial charge is 0.384 e. The van der Waals surface area contributed by atoms with Crippen molar-refractivity contribution in [1.29, 1.82) is 0 Å². The molecule has 1 aromatic carbocycles. The lowest BCUT2D eigenvalue weighted by atomic mass is 10.1. The van der Waals surface area contributed by atoms with Gasteiger partial charge in [-0.05, 0) is 36.4 Å². The Morgan fingerprint density at radius 1 is 1.31 bits per heavy atom. The van der Waals surface area contributed by atoms with Crippen LogP contribution in [-0.2, 0) is 13.0 Å². The van der Waals surface area contributed by atoms with Gasteiger partial charge in [-0.15, -0.1) is 0 Å². The number of benzene rings is 1. The SMILES string of the molecule is c1cc2c(c(CNCCC3CC3)c1)NCC2. The normalized spacial score (nSPS) is 18.2. The molecule has 1 saturated carbocycles. The second kappa shape index (κ2) is 4.46. The van der Waals surface area contributed by atoms with Crippen molar-refractivity contribution in [2.75, 3.05) is 18.4 Å². The van der Waals surface area contributed by atoms with E-state index in [2.05, 4.69) is 28.8 Å². The van der Waals surface area contributed by atoms with Gasteiger partial charge < -0.3 is 10.6 Å². The molecule has 3 rings (SSSR count). The van der Waals surface area contributed by atoms with Crippen LogP contribution in [0.1, 0.15) is 30.4 Å². The van der Waals surface area contributed by atoms with Gasteiger partial charge in [0.2, 0.25) is 0 Å². The highest BCUT2D eigenvalue weighted by Crippen LogP contribution is 2.31. The van der Waals surface area contributed by atoms with Gasteiger partial charge in [-0.25, -0.2) is 0 Å². The molecule has 2 aliphatic rings. The van der Waals surface area contributed by atoms with Crippen molar-refractivity contribution in [3.8, 4) is 0 Å². The van der Waals surface area contributed by atoms with Gasteiger partial charge in [0.15, 0.2) is 0 Å². The van der Waals surface area contributed by atoms with Crippen LogP contribution in [0, 0.1) is 5.92 Å². The molecule has 0 unspecified atom stereocenters. The van der Waals surface area contributed by atoms with Crippen molar-refractivity contribution in [3.63, 3.8) is 0 Å². The highest BCUT2D eigenvalue weighted by Gasteiger charge is 2.20. The second-order valence-corrected chi connectivity index (χ2v) is 5.04. The van der Waals surface area contributed by atoms with Crippen LogP contribution >= 0.6 is 0 Å². The van der Waals surface area contributed by atoms with E-state index in [1.807, 2.05) is 0 Å². The zero-order valence-electron chi connectivity index (χ0n) is 9.76. The molecule has 0 saturated heterocycles. The summed E-state index contributed by atoms with van der Waals surface area (Å²) < 4.78 is 0. The van der Waals surface area contributed by atoms with Crippen molar-refractivity contribution in [1.82, 2.24) is 5.32 Å². The minimum Gasteiger partial charge on any atom is -0.384 e. The summed E-state index contributed by atoms with van der Waals surface area (Å²) in [6.07, 6.45) is 5.47. The average Bonchev–Trinajstić information content (AvgIpc) is 3.00. The van der Waals surface area contributed by atoms with E-state index < -0.39 is 0 Å². The fourth-order valence-corrected chi connectivity index (χ4v) is 2.49. The Morgan fingerprint density at radius 3 is 3.12 bits per heavy atom. The molecular formula is C14H20N2. The number of nitrogens with one attached hydrogen (secondary N) is 2. The van der Waals surface area contributed by atoms with E-state index in [0.29, 0.717) is 0 Å². The van der Waals surface area contributed by atoms with E-state index in [-0.39, 0.29) is 0 Å². The Balaban J connectivity index is 1.55. The first-order valence-electron chi connectivity index (χ1n) is 6.49. The smallest absolute Gasteiger partial charge is 0.0419 e. The molecule has 0 bridgehead atoms. The van der Waals surface area contributed by atoms with Gasteiger partial charge in [0.25, 0.3) is 0 Å². The highest BCUT2D eigenvalue weighted by atomic mass is 14.9. The van der Waals surface area contributed by atoms with Gasteiger partial charge in [-0.2, -0.15) is 0 Å². The second-order valence-electron chi connectivity index (χ2n) is 5.04. The van der Waals surface area contributed by atoms with Gasteiger partial charge >= 0.3 is 0 Å². The van der Waals surface area contributed by atoms with Gasteiger partial charge in [-0.1, -0.05) is 31.0 Å². The van der Waals surface area contributed by atoms with Crippen LogP contribution < -0.4 is 10.6 Å². The van der Waals surface area contributed by atoms with Gasteiger partial charge in [0, 0.05) is 18.8 Å². The molecule has 86 valence electrons. The quantitative estimate of drug-likeness (QED) is 0.739. The predicted molar refractivity (Wildman–Crippen MR) is 67.7 cm³/mol. The van der Waals surface area contributed by atoms with Crippen LogP contribution in [-0.4, -0.2) is 13.1 Å². The van der Waals surface area contributed by atoms with Crippen LogP contribution in [0.2, 0.25) is 0 Å². The summed E-state index contributed by atoms with van der Waals surface area (Å²) >= 11 is 0. The first-order valence-corrected chi connectivity index (χ1v) is 6.49. The lowest BCUT2D eigenvalue weighted by Crippen LogP contribution is -2.16. The Bertz CT molecular complexity index is 369. The summed E-state index contributed by atoms with van der Waals surface area (Å²) in [5.74, 6) is 1.03. The lowest BCUT2D eigenvalue weighted by molar-refractivity contribution is 0.613. The van der Waals surface area contributed by atoms with Crippen molar-refractivity contribution in [2.24, 2.45) is 5.92 Å². The summed E-state index contributed by atoms with van der Waals surface area (Å²) in [6, 6.07) is 6.66. The zero-order valence-corrected chi connectivity index (χ0v) is 9.76. The molecule has 2 N–H and O–H groups in total. The predicted octanol–water partition coefficient (Wildman–Crippen LogP) is 2.54. The highest BCUT2D eigenvalue weighted by molar-refractivity contribution is 5.61. The first kappa shape index (κ1) is 10.2. The van der Waals surface area contributed by atoms with E-state index in [4.69, 9.17) is 0 Å². The summed E-state index contributed by atoms with van der Waals surface area (Å²) in [5.41, 5.74) is 4.31. The molecule has 0 spiro atoms. The molecule has 0 amide bonds. The molecule has 0 atom stereocenters. The third-order valence-electron chi connectivity index (χ3n) is 3.67. The fourth-order valence-electron chi connectivity index (χ4n) is 2.49. The zero-order chi connectivity index (χ0) is 10.8. The molecule has 16 heavy (non-hydrogen) atoms. The fraction of sp³-hybridized carbons (Fsp3) is 0.571. The van der Waals surface area contributed by atoms with E-state index in [1.54, 1.807) is 0 Å². The molecule has 1 aromatic rings. The van der Waals surface area contributed by atoms with Crippen LogP contribution in [0.25, 0.3) is 0 Å². The lowest BCUT2D eigenvalue weighted by Gasteiger charge is -2.09. The van der Waals surface area contributed by atoms with E-state index in [1.165, 1.54) is 49.0 Å². The molecule has 0 aromatic heterocycles. The summed E-state index contributed by atoms with van der Waals surface area (Å²) in [7, 11) is 0. The van der Waals surface area contributed by atoms with E-state index >= 15 is 0 Å². The summed E-state index contributed by atoms with van der Waals surface area (Å²) in [5, 5.41) is 7.05. The molecule has 2 heteroatoms. The van der Waals surface area contributed by atoms with Crippen LogP contribution in [0.4, 0.5) is 5.69 Å². The van der Waals surface area contributed by atoms with Crippen molar-refractivity contribution < 1.29 is 0 Å². The Hall–Kier alpha value is -1.02. The average molecular weight is 216 g/mol. The third kappa shape index (κ3) is 2.22. The molecule has 1 fully saturated rings. The molecule has 1 aliphatic heterocycles. The van der Waals surface area contributed by atoms with Crippen LogP contribution in [0.3, 0.4) is 0 Å². The number of fused-ring (bicyclic) bond motifs is 1. The standard InChI is InChI=1S/C14H20N2/c1-2-12-7-9-16-14(12)13(3-1)10-15-8-6-11-4-5-11/h1-3,11,15-16H,4-10H2. The molecule has 2 nitrogen and oxygen atoms in total. The van der Waals surface area contributed by atoms with Crippen LogP contribution in [0.5, 0.6) is 0 Å². The molecular weight excluding hydrogens is 196 g/mol. The van der Waals surface area contributed by atoms with Crippen LogP contribution in [0.15, 0.2) is 18.2 Å². The Morgan fingerprint density at radius 2 is 2.25 bits per heavy atom. The van der Waals surface area contributed by atoms with E-state index in [9.17, 15) is 0 Å². The third-order valence-corrected chi connectivity index (χ3v) is 3.67. The van der Waals surface area contributed by atoms with Crippen molar-refractivity contribution >= 4 is 5.69 Å². The van der Waals surface area contributed by atoms with Gasteiger partial charge in [0.1, 0.15) is 0 Å². The first-order chi connectivity index (χ1) is 7.93. The minimum atomic E-state index is 1.02. The maximum Gasteiger partial charge on any atom is 0.0419 e. The molecule has 1 aliphatic carbocycles. The van der Waals surface area contributed by atoms with Crippen molar-refractivity contribution in [2.45, 2.75) is 32.2 Å². The number of hydrogen-bond donors (Lipinski definition) is 2. The number of hydrogen-bond acceptors (Lipinski definition) is 2. The molecule has 1 heterocycles. The Labute approximate surface area is 97.4 Å². The summed E-state index contributed by atoms with van der Waals surface area (Å²) in [6.45, 7) is 3.30. The maximum atomic E-state index is 3.56. The van der Waals surface area contributed by atoms with E-state index in [0.717, 1.165) is 19.0 Å². The van der Waals surface area contributed by atoms with Gasteiger partial charge in [0.05, 0.1) is 0 Å².